The zero-order valence-electron chi connectivity index (χ0n) is 17.2. The second-order valence-corrected chi connectivity index (χ2v) is 7.08. The minimum atomic E-state index is -0.929. The zero-order valence-corrected chi connectivity index (χ0v) is 17.2. The number of unbranched alkanes of at least 4 members (excludes halogenated alkanes) is 8. The first-order valence-corrected chi connectivity index (χ1v) is 10.6. The van der Waals surface area contributed by atoms with Gasteiger partial charge in [0.15, 0.2) is 0 Å². The third-order valence-electron chi connectivity index (χ3n) is 4.46. The molecule has 2 N–H and O–H groups in total. The van der Waals surface area contributed by atoms with E-state index in [0.717, 1.165) is 12.8 Å². The number of carboxylic acids is 1. The van der Waals surface area contributed by atoms with E-state index >= 15 is 0 Å². The van der Waals surface area contributed by atoms with Crippen molar-refractivity contribution in [3.8, 4) is 0 Å². The maximum Gasteiger partial charge on any atom is 0.309 e. The maximum absolute atomic E-state index is 11.8. The minimum absolute atomic E-state index is 0.0844. The molecule has 0 spiro atoms. The number of amides is 1. The summed E-state index contributed by atoms with van der Waals surface area (Å²) in [6, 6.07) is 0. The standard InChI is InChI=1S/C20H36N4O4/c1-2-3-4-5-6-7-8-9-10-11-19(25)21-12-14-28-15-13-24-17-18(22-23-24)16-20(26)27/h17H,2-16H2,1H3,(H,21,25)(H,26,27). The van der Waals surface area contributed by atoms with Crippen molar-refractivity contribution in [1.29, 1.82) is 0 Å². The summed E-state index contributed by atoms with van der Waals surface area (Å²) in [7, 11) is 0. The van der Waals surface area contributed by atoms with E-state index in [0.29, 0.717) is 38.4 Å². The molecule has 8 nitrogen and oxygen atoms in total. The third kappa shape index (κ3) is 13.2. The first kappa shape index (κ1) is 24.1. The van der Waals surface area contributed by atoms with E-state index in [2.05, 4.69) is 22.6 Å². The van der Waals surface area contributed by atoms with Gasteiger partial charge in [-0.3, -0.25) is 9.59 Å². The highest BCUT2D eigenvalue weighted by Crippen LogP contribution is 2.10. The van der Waals surface area contributed by atoms with Crippen LogP contribution in [0.3, 0.4) is 0 Å². The maximum atomic E-state index is 11.8. The minimum Gasteiger partial charge on any atom is -0.481 e. The summed E-state index contributed by atoms with van der Waals surface area (Å²) in [6.45, 7) is 4.11. The van der Waals surface area contributed by atoms with Crippen LogP contribution in [-0.2, 0) is 27.3 Å². The molecule has 0 atom stereocenters. The van der Waals surface area contributed by atoms with Crippen LogP contribution in [0.4, 0.5) is 0 Å². The predicted molar refractivity (Wildman–Crippen MR) is 107 cm³/mol. The lowest BCUT2D eigenvalue weighted by Crippen LogP contribution is -2.27. The highest BCUT2D eigenvalue weighted by atomic mass is 16.5. The summed E-state index contributed by atoms with van der Waals surface area (Å²) in [5, 5.41) is 19.2. The molecular weight excluding hydrogens is 360 g/mol. The van der Waals surface area contributed by atoms with Gasteiger partial charge in [-0.25, -0.2) is 4.68 Å². The Labute approximate surface area is 168 Å². The van der Waals surface area contributed by atoms with Crippen molar-refractivity contribution in [2.75, 3.05) is 19.8 Å². The summed E-state index contributed by atoms with van der Waals surface area (Å²) in [4.78, 5) is 22.3. The van der Waals surface area contributed by atoms with Gasteiger partial charge in [0, 0.05) is 19.2 Å². The molecule has 0 aliphatic carbocycles. The van der Waals surface area contributed by atoms with Crippen LogP contribution in [0, 0.1) is 0 Å². The van der Waals surface area contributed by atoms with Crippen molar-refractivity contribution in [2.45, 2.75) is 84.1 Å². The zero-order chi connectivity index (χ0) is 20.5. The number of nitrogens with zero attached hydrogens (tertiary/aromatic N) is 3. The average Bonchev–Trinajstić information content (AvgIpc) is 3.09. The van der Waals surface area contributed by atoms with E-state index in [1.54, 1.807) is 10.9 Å². The van der Waals surface area contributed by atoms with Crippen LogP contribution in [0.5, 0.6) is 0 Å². The monoisotopic (exact) mass is 396 g/mol. The van der Waals surface area contributed by atoms with Gasteiger partial charge in [-0.2, -0.15) is 0 Å². The molecule has 160 valence electrons. The molecule has 0 aromatic carbocycles. The van der Waals surface area contributed by atoms with Gasteiger partial charge in [0.25, 0.3) is 0 Å². The number of rotatable bonds is 18. The second-order valence-electron chi connectivity index (χ2n) is 7.08. The number of aliphatic carboxylic acids is 1. The van der Waals surface area contributed by atoms with Gasteiger partial charge in [-0.05, 0) is 6.42 Å². The Morgan fingerprint density at radius 1 is 1.07 bits per heavy atom. The highest BCUT2D eigenvalue weighted by Gasteiger charge is 2.05. The molecule has 8 heteroatoms. The van der Waals surface area contributed by atoms with Crippen LogP contribution in [0.25, 0.3) is 0 Å². The lowest BCUT2D eigenvalue weighted by Gasteiger charge is -2.07. The van der Waals surface area contributed by atoms with Crippen LogP contribution in [0.15, 0.2) is 6.20 Å². The van der Waals surface area contributed by atoms with Gasteiger partial charge < -0.3 is 15.2 Å². The fourth-order valence-electron chi connectivity index (χ4n) is 2.89. The van der Waals surface area contributed by atoms with Gasteiger partial charge in [0.1, 0.15) is 0 Å². The third-order valence-corrected chi connectivity index (χ3v) is 4.46. The first-order chi connectivity index (χ1) is 13.6. The number of carboxylic acid groups (broad SMARTS) is 1. The van der Waals surface area contributed by atoms with Crippen molar-refractivity contribution < 1.29 is 19.4 Å². The number of hydrogen-bond acceptors (Lipinski definition) is 5. The normalized spacial score (nSPS) is 10.9. The van der Waals surface area contributed by atoms with Crippen LogP contribution < -0.4 is 5.32 Å². The highest BCUT2D eigenvalue weighted by molar-refractivity contribution is 5.75. The van der Waals surface area contributed by atoms with E-state index in [4.69, 9.17) is 9.84 Å². The Morgan fingerprint density at radius 3 is 2.43 bits per heavy atom. The molecule has 0 unspecified atom stereocenters. The molecule has 1 heterocycles. The number of ether oxygens (including phenoxy) is 1. The lowest BCUT2D eigenvalue weighted by molar-refractivity contribution is -0.136. The Morgan fingerprint density at radius 2 is 1.75 bits per heavy atom. The number of carbonyl (C=O) groups is 2. The van der Waals surface area contributed by atoms with Crippen LogP contribution >= 0.6 is 0 Å². The van der Waals surface area contributed by atoms with Gasteiger partial charge in [0.05, 0.1) is 31.9 Å². The van der Waals surface area contributed by atoms with Gasteiger partial charge in [0.2, 0.25) is 5.91 Å². The van der Waals surface area contributed by atoms with Crippen molar-refractivity contribution in [3.63, 3.8) is 0 Å². The summed E-state index contributed by atoms with van der Waals surface area (Å²) < 4.78 is 7.01. The van der Waals surface area contributed by atoms with Crippen molar-refractivity contribution in [3.05, 3.63) is 11.9 Å². The van der Waals surface area contributed by atoms with Crippen LogP contribution in [0.1, 0.15) is 76.8 Å². The molecule has 0 fully saturated rings. The molecule has 0 aliphatic rings. The van der Waals surface area contributed by atoms with E-state index in [9.17, 15) is 9.59 Å². The van der Waals surface area contributed by atoms with Crippen molar-refractivity contribution in [2.24, 2.45) is 0 Å². The predicted octanol–water partition coefficient (Wildman–Crippen LogP) is 2.96. The Bertz CT molecular complexity index is 548. The molecule has 0 saturated carbocycles. The Kier molecular flexibility index (Phi) is 13.8. The molecule has 28 heavy (non-hydrogen) atoms. The average molecular weight is 397 g/mol. The summed E-state index contributed by atoms with van der Waals surface area (Å²) in [6.07, 6.45) is 13.3. The Hall–Kier alpha value is -1.96. The molecule has 0 radical (unpaired) electrons. The first-order valence-electron chi connectivity index (χ1n) is 10.6. The largest absolute Gasteiger partial charge is 0.481 e. The molecular formula is C20H36N4O4. The molecule has 0 saturated heterocycles. The second kappa shape index (κ2) is 16.0. The molecule has 0 aliphatic heterocycles. The van der Waals surface area contributed by atoms with Gasteiger partial charge in [-0.1, -0.05) is 63.5 Å². The van der Waals surface area contributed by atoms with Crippen LogP contribution in [0.2, 0.25) is 0 Å². The number of nitrogens with one attached hydrogen (secondary N) is 1. The summed E-state index contributed by atoms with van der Waals surface area (Å²) in [5.74, 6) is -0.845. The van der Waals surface area contributed by atoms with E-state index in [-0.39, 0.29) is 12.3 Å². The number of aromatic nitrogens is 3. The van der Waals surface area contributed by atoms with E-state index < -0.39 is 5.97 Å². The quantitative estimate of drug-likeness (QED) is 0.370. The topological polar surface area (TPSA) is 106 Å². The molecule has 0 bridgehead atoms. The SMILES string of the molecule is CCCCCCCCCCCC(=O)NCCOCCn1cc(CC(=O)O)nn1. The van der Waals surface area contributed by atoms with Crippen molar-refractivity contribution in [1.82, 2.24) is 20.3 Å². The molecule has 1 aromatic rings. The summed E-state index contributed by atoms with van der Waals surface area (Å²) >= 11 is 0. The summed E-state index contributed by atoms with van der Waals surface area (Å²) in [5.41, 5.74) is 0.427. The van der Waals surface area contributed by atoms with Gasteiger partial charge >= 0.3 is 5.97 Å². The van der Waals surface area contributed by atoms with E-state index in [1.807, 2.05) is 0 Å². The van der Waals surface area contributed by atoms with Gasteiger partial charge in [-0.15, -0.1) is 5.10 Å². The van der Waals surface area contributed by atoms with Crippen LogP contribution in [-0.4, -0.2) is 51.7 Å². The fraction of sp³-hybridized carbons (Fsp3) is 0.800. The molecule has 1 amide bonds. The molecule has 1 aromatic heterocycles. The molecule has 1 rings (SSSR count). The Balaban J connectivity index is 1.88. The number of carbonyl (C=O) groups excluding carboxylic acids is 1. The number of hydrogen-bond donors (Lipinski definition) is 2. The smallest absolute Gasteiger partial charge is 0.309 e. The van der Waals surface area contributed by atoms with E-state index in [1.165, 1.54) is 44.9 Å². The fourth-order valence-corrected chi connectivity index (χ4v) is 2.89. The lowest BCUT2D eigenvalue weighted by atomic mass is 10.1. The van der Waals surface area contributed by atoms with Crippen molar-refractivity contribution >= 4 is 11.9 Å².